The molecule has 0 bridgehead atoms. The smallest absolute Gasteiger partial charge is 0.158 e. The van der Waals surface area contributed by atoms with E-state index in [0.717, 1.165) is 50.1 Å². The Morgan fingerprint density at radius 2 is 1.96 bits per heavy atom. The van der Waals surface area contributed by atoms with E-state index < -0.39 is 0 Å². The molecule has 0 aliphatic rings. The molecule has 6 heteroatoms. The average Bonchev–Trinajstić information content (AvgIpc) is 3.08. The number of fused-ring (bicyclic) bond motifs is 4. The summed E-state index contributed by atoms with van der Waals surface area (Å²) in [6, 6.07) is 15.9. The standard InChI is InChI=1S/C20H15N5O/c1-26-16-6-2-5-15-17(16)18-19(25-15)20(23-11-22-18)24-13-7-8-14-12(10-13)4-3-9-21-14/h2-11,25H,1H3,(H,22,23,24). The number of methoxy groups -OCH3 is 1. The van der Waals surface area contributed by atoms with Crippen molar-refractivity contribution < 1.29 is 4.74 Å². The number of anilines is 2. The number of benzene rings is 2. The highest BCUT2D eigenvalue weighted by molar-refractivity contribution is 6.11. The summed E-state index contributed by atoms with van der Waals surface area (Å²) in [6.07, 6.45) is 3.36. The fourth-order valence-corrected chi connectivity index (χ4v) is 3.26. The fourth-order valence-electron chi connectivity index (χ4n) is 3.26. The van der Waals surface area contributed by atoms with Gasteiger partial charge in [0.05, 0.1) is 23.5 Å². The van der Waals surface area contributed by atoms with Gasteiger partial charge >= 0.3 is 0 Å². The third-order valence-electron chi connectivity index (χ3n) is 4.46. The number of rotatable bonds is 3. The topological polar surface area (TPSA) is 75.7 Å². The van der Waals surface area contributed by atoms with Gasteiger partial charge in [0, 0.05) is 17.3 Å². The molecule has 0 atom stereocenters. The Kier molecular flexibility index (Phi) is 3.21. The first-order valence-corrected chi connectivity index (χ1v) is 8.25. The number of pyridine rings is 1. The van der Waals surface area contributed by atoms with Gasteiger partial charge in [0.1, 0.15) is 23.1 Å². The van der Waals surface area contributed by atoms with E-state index in [1.165, 1.54) is 0 Å². The number of ether oxygens (including phenoxy) is 1. The average molecular weight is 341 g/mol. The first kappa shape index (κ1) is 14.7. The zero-order valence-electron chi connectivity index (χ0n) is 14.0. The molecule has 0 saturated heterocycles. The van der Waals surface area contributed by atoms with Gasteiger partial charge in [0.15, 0.2) is 5.82 Å². The van der Waals surface area contributed by atoms with Crippen molar-refractivity contribution in [1.82, 2.24) is 19.9 Å². The van der Waals surface area contributed by atoms with Crippen LogP contribution in [0, 0.1) is 0 Å². The number of nitrogens with one attached hydrogen (secondary N) is 2. The molecule has 0 saturated carbocycles. The van der Waals surface area contributed by atoms with Crippen LogP contribution in [0.15, 0.2) is 61.1 Å². The van der Waals surface area contributed by atoms with Crippen LogP contribution in [0.25, 0.3) is 32.8 Å². The molecule has 5 rings (SSSR count). The van der Waals surface area contributed by atoms with Gasteiger partial charge in [-0.25, -0.2) is 9.97 Å². The minimum absolute atomic E-state index is 0.719. The first-order chi connectivity index (χ1) is 12.8. The van der Waals surface area contributed by atoms with E-state index in [1.54, 1.807) is 19.6 Å². The summed E-state index contributed by atoms with van der Waals surface area (Å²) in [4.78, 5) is 16.6. The number of hydrogen-bond acceptors (Lipinski definition) is 5. The fraction of sp³-hybridized carbons (Fsp3) is 0.0500. The molecule has 126 valence electrons. The molecule has 0 amide bonds. The number of aromatic nitrogens is 4. The number of nitrogens with zero attached hydrogens (tertiary/aromatic N) is 3. The molecule has 6 nitrogen and oxygen atoms in total. The molecule has 3 aromatic heterocycles. The molecular formula is C20H15N5O. The SMILES string of the molecule is COc1cccc2[nH]c3c(Nc4ccc5ncccc5c4)ncnc3c12. The van der Waals surface area contributed by atoms with Crippen molar-refractivity contribution in [3.63, 3.8) is 0 Å². The monoisotopic (exact) mass is 341 g/mol. The van der Waals surface area contributed by atoms with Gasteiger partial charge in [-0.1, -0.05) is 12.1 Å². The van der Waals surface area contributed by atoms with Crippen LogP contribution in [0.3, 0.4) is 0 Å². The Morgan fingerprint density at radius 3 is 2.88 bits per heavy atom. The maximum absolute atomic E-state index is 5.49. The van der Waals surface area contributed by atoms with Gasteiger partial charge in [0.25, 0.3) is 0 Å². The molecule has 2 N–H and O–H groups in total. The largest absolute Gasteiger partial charge is 0.496 e. The Labute approximate surface area is 148 Å². The molecule has 0 radical (unpaired) electrons. The van der Waals surface area contributed by atoms with Crippen LogP contribution in [-0.4, -0.2) is 27.0 Å². The normalized spacial score (nSPS) is 11.3. The molecule has 26 heavy (non-hydrogen) atoms. The predicted octanol–water partition coefficient (Wildman–Crippen LogP) is 4.41. The second-order valence-corrected chi connectivity index (χ2v) is 5.99. The van der Waals surface area contributed by atoms with Gasteiger partial charge in [0.2, 0.25) is 0 Å². The molecular weight excluding hydrogens is 326 g/mol. The van der Waals surface area contributed by atoms with Crippen molar-refractivity contribution in [2.24, 2.45) is 0 Å². The summed E-state index contributed by atoms with van der Waals surface area (Å²) in [5, 5.41) is 5.41. The summed E-state index contributed by atoms with van der Waals surface area (Å²) in [7, 11) is 1.66. The molecule has 0 fully saturated rings. The molecule has 2 aromatic carbocycles. The summed E-state index contributed by atoms with van der Waals surface area (Å²) in [5.74, 6) is 1.51. The highest BCUT2D eigenvalue weighted by Crippen LogP contribution is 2.34. The Balaban J connectivity index is 1.66. The maximum Gasteiger partial charge on any atom is 0.158 e. The van der Waals surface area contributed by atoms with E-state index in [1.807, 2.05) is 42.5 Å². The van der Waals surface area contributed by atoms with Crippen molar-refractivity contribution in [3.05, 3.63) is 61.1 Å². The zero-order valence-corrected chi connectivity index (χ0v) is 14.0. The predicted molar refractivity (Wildman–Crippen MR) is 103 cm³/mol. The quantitative estimate of drug-likeness (QED) is 0.508. The van der Waals surface area contributed by atoms with E-state index in [9.17, 15) is 0 Å². The van der Waals surface area contributed by atoms with Crippen LogP contribution in [0.2, 0.25) is 0 Å². The van der Waals surface area contributed by atoms with Crippen molar-refractivity contribution >= 4 is 44.3 Å². The molecule has 5 aromatic rings. The minimum atomic E-state index is 0.719. The van der Waals surface area contributed by atoms with Crippen LogP contribution < -0.4 is 10.1 Å². The summed E-state index contributed by atoms with van der Waals surface area (Å²) in [6.45, 7) is 0. The van der Waals surface area contributed by atoms with Crippen LogP contribution in [0.1, 0.15) is 0 Å². The third-order valence-corrected chi connectivity index (χ3v) is 4.46. The maximum atomic E-state index is 5.49. The van der Waals surface area contributed by atoms with E-state index in [4.69, 9.17) is 4.74 Å². The van der Waals surface area contributed by atoms with E-state index in [0.29, 0.717) is 0 Å². The van der Waals surface area contributed by atoms with Crippen molar-refractivity contribution in [3.8, 4) is 5.75 Å². The van der Waals surface area contributed by atoms with Crippen molar-refractivity contribution in [2.75, 3.05) is 12.4 Å². The molecule has 0 spiro atoms. The Morgan fingerprint density at radius 1 is 1.00 bits per heavy atom. The van der Waals surface area contributed by atoms with E-state index >= 15 is 0 Å². The minimum Gasteiger partial charge on any atom is -0.496 e. The second kappa shape index (κ2) is 5.70. The molecule has 0 aliphatic carbocycles. The zero-order chi connectivity index (χ0) is 17.5. The van der Waals surface area contributed by atoms with Gasteiger partial charge in [-0.3, -0.25) is 4.98 Å². The molecule has 3 heterocycles. The highest BCUT2D eigenvalue weighted by atomic mass is 16.5. The first-order valence-electron chi connectivity index (χ1n) is 8.25. The third kappa shape index (κ3) is 2.23. The number of H-pyrrole nitrogens is 1. The lowest BCUT2D eigenvalue weighted by atomic mass is 10.2. The Hall–Kier alpha value is -3.67. The van der Waals surface area contributed by atoms with Crippen LogP contribution >= 0.6 is 0 Å². The molecule has 0 aliphatic heterocycles. The van der Waals surface area contributed by atoms with Crippen LogP contribution in [0.5, 0.6) is 5.75 Å². The second-order valence-electron chi connectivity index (χ2n) is 5.99. The Bertz CT molecular complexity index is 1260. The van der Waals surface area contributed by atoms with E-state index in [-0.39, 0.29) is 0 Å². The van der Waals surface area contributed by atoms with Gasteiger partial charge in [-0.15, -0.1) is 0 Å². The van der Waals surface area contributed by atoms with Crippen molar-refractivity contribution in [1.29, 1.82) is 0 Å². The summed E-state index contributed by atoms with van der Waals surface area (Å²) >= 11 is 0. The number of hydrogen-bond donors (Lipinski definition) is 2. The van der Waals surface area contributed by atoms with Crippen LogP contribution in [0.4, 0.5) is 11.5 Å². The summed E-state index contributed by atoms with van der Waals surface area (Å²) < 4.78 is 5.49. The lowest BCUT2D eigenvalue weighted by Crippen LogP contribution is -1.95. The number of aromatic amines is 1. The lowest BCUT2D eigenvalue weighted by molar-refractivity contribution is 0.420. The van der Waals surface area contributed by atoms with Gasteiger partial charge in [-0.2, -0.15) is 0 Å². The van der Waals surface area contributed by atoms with Crippen molar-refractivity contribution in [2.45, 2.75) is 0 Å². The highest BCUT2D eigenvalue weighted by Gasteiger charge is 2.14. The van der Waals surface area contributed by atoms with Gasteiger partial charge in [-0.05, 0) is 36.4 Å². The van der Waals surface area contributed by atoms with Crippen LogP contribution in [-0.2, 0) is 0 Å². The summed E-state index contributed by atoms with van der Waals surface area (Å²) in [5.41, 5.74) is 4.54. The van der Waals surface area contributed by atoms with Gasteiger partial charge < -0.3 is 15.0 Å². The lowest BCUT2D eigenvalue weighted by Gasteiger charge is -2.07. The van der Waals surface area contributed by atoms with E-state index in [2.05, 4.69) is 31.3 Å². The molecule has 0 unspecified atom stereocenters.